The van der Waals surface area contributed by atoms with Crippen molar-refractivity contribution in [2.24, 2.45) is 0 Å². The van der Waals surface area contributed by atoms with Crippen LogP contribution in [0.1, 0.15) is 21.5 Å². The molecule has 0 unspecified atom stereocenters. The van der Waals surface area contributed by atoms with Crippen molar-refractivity contribution < 1.29 is 13.9 Å². The standard InChI is InChI=1S/C25H22FN3O2/c26-21-10-6-20(7-11-21)18-31-24-5-2-1-4-23(24)25(30)27-16-14-19-8-12-22(13-9-19)29-17-3-15-28-29/h1-13,15,17H,14,16,18H2,(H,27,30). The van der Waals surface area contributed by atoms with Gasteiger partial charge in [-0.3, -0.25) is 4.79 Å². The van der Waals surface area contributed by atoms with E-state index < -0.39 is 0 Å². The van der Waals surface area contributed by atoms with Gasteiger partial charge in [0.2, 0.25) is 0 Å². The number of aromatic nitrogens is 2. The van der Waals surface area contributed by atoms with Gasteiger partial charge in [0.25, 0.3) is 5.91 Å². The van der Waals surface area contributed by atoms with E-state index in [1.165, 1.54) is 12.1 Å². The van der Waals surface area contributed by atoms with Gasteiger partial charge in [0.1, 0.15) is 18.2 Å². The van der Waals surface area contributed by atoms with Crippen LogP contribution in [0.4, 0.5) is 4.39 Å². The quantitative estimate of drug-likeness (QED) is 0.459. The van der Waals surface area contributed by atoms with Crippen LogP contribution in [0.15, 0.2) is 91.3 Å². The zero-order chi connectivity index (χ0) is 21.5. The Kier molecular flexibility index (Phi) is 6.38. The molecule has 0 radical (unpaired) electrons. The molecule has 1 aromatic heterocycles. The fourth-order valence-electron chi connectivity index (χ4n) is 3.17. The van der Waals surface area contributed by atoms with Gasteiger partial charge >= 0.3 is 0 Å². The summed E-state index contributed by atoms with van der Waals surface area (Å²) in [7, 11) is 0. The van der Waals surface area contributed by atoms with Crippen LogP contribution in [0.2, 0.25) is 0 Å². The summed E-state index contributed by atoms with van der Waals surface area (Å²) in [5.41, 5.74) is 3.41. The number of benzene rings is 3. The fourth-order valence-corrected chi connectivity index (χ4v) is 3.17. The summed E-state index contributed by atoms with van der Waals surface area (Å²) in [5, 5.41) is 7.16. The third kappa shape index (κ3) is 5.36. The van der Waals surface area contributed by atoms with E-state index in [0.29, 0.717) is 24.3 Å². The molecule has 0 fully saturated rings. The molecule has 0 atom stereocenters. The van der Waals surface area contributed by atoms with E-state index in [2.05, 4.69) is 10.4 Å². The van der Waals surface area contributed by atoms with Crippen LogP contribution in [0.3, 0.4) is 0 Å². The molecule has 156 valence electrons. The second-order valence-corrected chi connectivity index (χ2v) is 7.03. The first-order valence-corrected chi connectivity index (χ1v) is 10.0. The summed E-state index contributed by atoms with van der Waals surface area (Å²) in [6.07, 6.45) is 4.35. The second-order valence-electron chi connectivity index (χ2n) is 7.03. The maximum Gasteiger partial charge on any atom is 0.255 e. The molecule has 6 heteroatoms. The molecule has 0 saturated carbocycles. The lowest BCUT2D eigenvalue weighted by Gasteiger charge is -2.12. The summed E-state index contributed by atoms with van der Waals surface area (Å²) < 4.78 is 20.7. The highest BCUT2D eigenvalue weighted by Gasteiger charge is 2.12. The van der Waals surface area contributed by atoms with Crippen LogP contribution in [-0.2, 0) is 13.0 Å². The van der Waals surface area contributed by atoms with E-state index >= 15 is 0 Å². The lowest BCUT2D eigenvalue weighted by atomic mass is 10.1. The maximum atomic E-state index is 13.0. The Hall–Kier alpha value is -3.93. The molecular weight excluding hydrogens is 393 g/mol. The van der Waals surface area contributed by atoms with Gasteiger partial charge in [-0.1, -0.05) is 36.4 Å². The number of carbonyl (C=O) groups is 1. The van der Waals surface area contributed by atoms with Gasteiger partial charge in [0, 0.05) is 18.9 Å². The molecule has 1 N–H and O–H groups in total. The van der Waals surface area contributed by atoms with E-state index in [4.69, 9.17) is 4.74 Å². The molecular formula is C25H22FN3O2. The van der Waals surface area contributed by atoms with E-state index in [1.807, 2.05) is 42.6 Å². The predicted molar refractivity (Wildman–Crippen MR) is 117 cm³/mol. The Morgan fingerprint density at radius 2 is 1.68 bits per heavy atom. The van der Waals surface area contributed by atoms with E-state index in [9.17, 15) is 9.18 Å². The minimum absolute atomic E-state index is 0.192. The van der Waals surface area contributed by atoms with Crippen LogP contribution >= 0.6 is 0 Å². The molecule has 0 aliphatic heterocycles. The second kappa shape index (κ2) is 9.71. The van der Waals surface area contributed by atoms with Gasteiger partial charge in [-0.25, -0.2) is 9.07 Å². The Morgan fingerprint density at radius 1 is 0.935 bits per heavy atom. The normalized spacial score (nSPS) is 10.6. The van der Waals surface area contributed by atoms with E-state index in [0.717, 1.165) is 16.8 Å². The lowest BCUT2D eigenvalue weighted by Crippen LogP contribution is -2.26. The van der Waals surface area contributed by atoms with Crippen molar-refractivity contribution in [1.29, 1.82) is 0 Å². The average Bonchev–Trinajstić information content (AvgIpc) is 3.34. The van der Waals surface area contributed by atoms with Crippen LogP contribution in [0.5, 0.6) is 5.75 Å². The third-order valence-corrected chi connectivity index (χ3v) is 4.84. The summed E-state index contributed by atoms with van der Waals surface area (Å²) in [6.45, 7) is 0.763. The maximum absolute atomic E-state index is 13.0. The molecule has 0 bridgehead atoms. The lowest BCUT2D eigenvalue weighted by molar-refractivity contribution is 0.0949. The molecule has 3 aromatic carbocycles. The summed E-state index contributed by atoms with van der Waals surface area (Å²) in [6, 6.07) is 23.2. The first-order valence-electron chi connectivity index (χ1n) is 10.0. The predicted octanol–water partition coefficient (Wildman–Crippen LogP) is 4.56. The number of hydrogen-bond donors (Lipinski definition) is 1. The molecule has 0 aliphatic rings. The van der Waals surface area contributed by atoms with Gasteiger partial charge in [-0.05, 0) is 60.0 Å². The van der Waals surface area contributed by atoms with Crippen molar-refractivity contribution in [2.75, 3.05) is 6.54 Å². The Morgan fingerprint density at radius 3 is 2.42 bits per heavy atom. The highest BCUT2D eigenvalue weighted by Crippen LogP contribution is 2.19. The highest BCUT2D eigenvalue weighted by atomic mass is 19.1. The first-order chi connectivity index (χ1) is 15.2. The largest absolute Gasteiger partial charge is 0.488 e. The van der Waals surface area contributed by atoms with Crippen LogP contribution in [0, 0.1) is 5.82 Å². The summed E-state index contributed by atoms with van der Waals surface area (Å²) >= 11 is 0. The summed E-state index contributed by atoms with van der Waals surface area (Å²) in [4.78, 5) is 12.7. The van der Waals surface area contributed by atoms with Gasteiger partial charge in [0.05, 0.1) is 11.3 Å². The van der Waals surface area contributed by atoms with Gasteiger partial charge < -0.3 is 10.1 Å². The Labute approximate surface area is 180 Å². The van der Waals surface area contributed by atoms with Crippen molar-refractivity contribution in [1.82, 2.24) is 15.1 Å². The summed E-state index contributed by atoms with van der Waals surface area (Å²) in [5.74, 6) is 0.00956. The third-order valence-electron chi connectivity index (χ3n) is 4.84. The van der Waals surface area contributed by atoms with Gasteiger partial charge in [0.15, 0.2) is 0 Å². The monoisotopic (exact) mass is 415 g/mol. The van der Waals surface area contributed by atoms with Crippen LogP contribution < -0.4 is 10.1 Å². The molecule has 0 saturated heterocycles. The first kappa shape index (κ1) is 20.3. The van der Waals surface area contributed by atoms with Crippen molar-refractivity contribution in [3.63, 3.8) is 0 Å². The van der Waals surface area contributed by atoms with Gasteiger partial charge in [-0.2, -0.15) is 5.10 Å². The number of halogens is 1. The number of amides is 1. The minimum Gasteiger partial charge on any atom is -0.488 e. The smallest absolute Gasteiger partial charge is 0.255 e. The molecule has 0 spiro atoms. The topological polar surface area (TPSA) is 56.2 Å². The molecule has 5 nitrogen and oxygen atoms in total. The molecule has 4 aromatic rings. The average molecular weight is 415 g/mol. The van der Waals surface area contributed by atoms with Gasteiger partial charge in [-0.15, -0.1) is 0 Å². The molecule has 1 amide bonds. The molecule has 31 heavy (non-hydrogen) atoms. The van der Waals surface area contributed by atoms with Crippen molar-refractivity contribution >= 4 is 5.91 Å². The molecule has 4 rings (SSSR count). The van der Waals surface area contributed by atoms with Crippen LogP contribution in [-0.4, -0.2) is 22.2 Å². The zero-order valence-corrected chi connectivity index (χ0v) is 16.9. The Balaban J connectivity index is 1.32. The number of rotatable bonds is 8. The van der Waals surface area contributed by atoms with Crippen molar-refractivity contribution in [2.45, 2.75) is 13.0 Å². The molecule has 1 heterocycles. The number of para-hydroxylation sites is 1. The van der Waals surface area contributed by atoms with E-state index in [1.54, 1.807) is 41.2 Å². The van der Waals surface area contributed by atoms with Crippen LogP contribution in [0.25, 0.3) is 5.69 Å². The highest BCUT2D eigenvalue weighted by molar-refractivity contribution is 5.96. The number of ether oxygens (including phenoxy) is 1. The van der Waals surface area contributed by atoms with Crippen molar-refractivity contribution in [3.8, 4) is 11.4 Å². The van der Waals surface area contributed by atoms with Crippen molar-refractivity contribution in [3.05, 3.63) is 114 Å². The number of hydrogen-bond acceptors (Lipinski definition) is 3. The molecule has 0 aliphatic carbocycles. The zero-order valence-electron chi connectivity index (χ0n) is 16.9. The van der Waals surface area contributed by atoms with E-state index in [-0.39, 0.29) is 18.3 Å². The minimum atomic E-state index is -0.292. The number of carbonyl (C=O) groups excluding carboxylic acids is 1. The fraction of sp³-hybridized carbons (Fsp3) is 0.120. The number of nitrogens with one attached hydrogen (secondary N) is 1. The number of nitrogens with zero attached hydrogens (tertiary/aromatic N) is 2. The Bertz CT molecular complexity index is 1120. The SMILES string of the molecule is O=C(NCCc1ccc(-n2cccn2)cc1)c1ccccc1OCc1ccc(F)cc1.